The average molecular weight is 331 g/mol. The zero-order valence-electron chi connectivity index (χ0n) is 11.5. The summed E-state index contributed by atoms with van der Waals surface area (Å²) < 4.78 is 14.4. The second-order valence-electron chi connectivity index (χ2n) is 4.81. The smallest absolute Gasteiger partial charge is 0.224 e. The van der Waals surface area contributed by atoms with Gasteiger partial charge in [0.25, 0.3) is 0 Å². The average Bonchev–Trinajstić information content (AvgIpc) is 2.33. The number of rotatable bonds is 6. The van der Waals surface area contributed by atoms with Gasteiger partial charge in [0.15, 0.2) is 0 Å². The van der Waals surface area contributed by atoms with Gasteiger partial charge in [-0.3, -0.25) is 4.79 Å². The van der Waals surface area contributed by atoms with Crippen LogP contribution < -0.4 is 10.6 Å². The normalized spacial score (nSPS) is 13.9. The maximum Gasteiger partial charge on any atom is 0.224 e. The summed E-state index contributed by atoms with van der Waals surface area (Å²) in [7, 11) is 1.81. The second kappa shape index (κ2) is 7.60. The lowest BCUT2D eigenvalue weighted by Gasteiger charge is -2.17. The summed E-state index contributed by atoms with van der Waals surface area (Å²) in [6.45, 7) is 4.37. The lowest BCUT2D eigenvalue weighted by Crippen LogP contribution is -2.40. The summed E-state index contributed by atoms with van der Waals surface area (Å²) >= 11 is 3.22. The SMILES string of the molecule is CNC[C@@H](C)C(=O)N[C@H](C)Cc1ccc(Br)cc1F. The molecule has 0 saturated heterocycles. The molecule has 1 rings (SSSR count). The van der Waals surface area contributed by atoms with E-state index in [1.807, 2.05) is 20.9 Å². The van der Waals surface area contributed by atoms with Crippen molar-refractivity contribution >= 4 is 21.8 Å². The molecule has 0 aliphatic carbocycles. The highest BCUT2D eigenvalue weighted by Gasteiger charge is 2.15. The fourth-order valence-electron chi connectivity index (χ4n) is 1.85. The molecule has 1 amide bonds. The molecule has 0 heterocycles. The maximum atomic E-state index is 13.7. The van der Waals surface area contributed by atoms with E-state index in [9.17, 15) is 9.18 Å². The number of amides is 1. The molecule has 0 bridgehead atoms. The van der Waals surface area contributed by atoms with Crippen molar-refractivity contribution in [1.82, 2.24) is 10.6 Å². The minimum Gasteiger partial charge on any atom is -0.353 e. The van der Waals surface area contributed by atoms with Crippen LogP contribution in [-0.2, 0) is 11.2 Å². The summed E-state index contributed by atoms with van der Waals surface area (Å²) in [5.41, 5.74) is 0.609. The van der Waals surface area contributed by atoms with Gasteiger partial charge in [0.05, 0.1) is 0 Å². The van der Waals surface area contributed by atoms with Crippen molar-refractivity contribution in [2.45, 2.75) is 26.3 Å². The van der Waals surface area contributed by atoms with E-state index in [-0.39, 0.29) is 23.7 Å². The second-order valence-corrected chi connectivity index (χ2v) is 5.72. The Hall–Kier alpha value is -0.940. The Morgan fingerprint density at radius 2 is 2.11 bits per heavy atom. The molecule has 19 heavy (non-hydrogen) atoms. The number of hydrogen-bond acceptors (Lipinski definition) is 2. The van der Waals surface area contributed by atoms with Crippen molar-refractivity contribution < 1.29 is 9.18 Å². The first-order valence-electron chi connectivity index (χ1n) is 6.33. The van der Waals surface area contributed by atoms with Crippen LogP contribution in [0.4, 0.5) is 4.39 Å². The number of carbonyl (C=O) groups is 1. The van der Waals surface area contributed by atoms with E-state index >= 15 is 0 Å². The Kier molecular flexibility index (Phi) is 6.45. The summed E-state index contributed by atoms with van der Waals surface area (Å²) in [6.07, 6.45) is 0.483. The Labute approximate surface area is 122 Å². The molecule has 2 atom stereocenters. The van der Waals surface area contributed by atoms with Crippen LogP contribution >= 0.6 is 15.9 Å². The molecule has 1 aromatic carbocycles. The summed E-state index contributed by atoms with van der Waals surface area (Å²) in [5, 5.41) is 5.86. The maximum absolute atomic E-state index is 13.7. The van der Waals surface area contributed by atoms with E-state index in [1.165, 1.54) is 6.07 Å². The quantitative estimate of drug-likeness (QED) is 0.841. The highest BCUT2D eigenvalue weighted by Crippen LogP contribution is 2.16. The van der Waals surface area contributed by atoms with E-state index in [2.05, 4.69) is 26.6 Å². The summed E-state index contributed by atoms with van der Waals surface area (Å²) in [4.78, 5) is 11.8. The van der Waals surface area contributed by atoms with Gasteiger partial charge in [0.2, 0.25) is 5.91 Å². The van der Waals surface area contributed by atoms with Gasteiger partial charge in [-0.1, -0.05) is 28.9 Å². The monoisotopic (exact) mass is 330 g/mol. The fourth-order valence-corrected chi connectivity index (χ4v) is 2.19. The standard InChI is InChI=1S/C14H20BrFN2O/c1-9(8-17-3)14(19)18-10(2)6-11-4-5-12(15)7-13(11)16/h4-5,7,9-10,17H,6,8H2,1-3H3,(H,18,19)/t9-,10-/m1/s1. The predicted molar refractivity (Wildman–Crippen MR) is 78.5 cm³/mol. The Morgan fingerprint density at radius 3 is 2.68 bits per heavy atom. The van der Waals surface area contributed by atoms with Crippen molar-refractivity contribution in [3.63, 3.8) is 0 Å². The molecule has 0 aliphatic heterocycles. The topological polar surface area (TPSA) is 41.1 Å². The van der Waals surface area contributed by atoms with Crippen LogP contribution in [0.5, 0.6) is 0 Å². The number of nitrogens with one attached hydrogen (secondary N) is 2. The van der Waals surface area contributed by atoms with Crippen LogP contribution in [0.3, 0.4) is 0 Å². The third-order valence-corrected chi connectivity index (χ3v) is 3.38. The molecular formula is C14H20BrFN2O. The van der Waals surface area contributed by atoms with Gasteiger partial charge >= 0.3 is 0 Å². The van der Waals surface area contributed by atoms with Crippen molar-refractivity contribution in [3.8, 4) is 0 Å². The van der Waals surface area contributed by atoms with E-state index in [0.717, 1.165) is 0 Å². The molecule has 106 valence electrons. The van der Waals surface area contributed by atoms with E-state index in [4.69, 9.17) is 0 Å². The molecule has 0 radical (unpaired) electrons. The van der Waals surface area contributed by atoms with Gasteiger partial charge in [-0.15, -0.1) is 0 Å². The van der Waals surface area contributed by atoms with Crippen LogP contribution in [0.1, 0.15) is 19.4 Å². The van der Waals surface area contributed by atoms with E-state index < -0.39 is 0 Å². The molecule has 2 N–H and O–H groups in total. The zero-order chi connectivity index (χ0) is 14.4. The van der Waals surface area contributed by atoms with Gasteiger partial charge in [-0.2, -0.15) is 0 Å². The highest BCUT2D eigenvalue weighted by atomic mass is 79.9. The van der Waals surface area contributed by atoms with Crippen molar-refractivity contribution in [1.29, 1.82) is 0 Å². The molecule has 0 saturated carbocycles. The molecule has 0 fully saturated rings. The van der Waals surface area contributed by atoms with Crippen molar-refractivity contribution in [3.05, 3.63) is 34.1 Å². The highest BCUT2D eigenvalue weighted by molar-refractivity contribution is 9.10. The van der Waals surface area contributed by atoms with Gasteiger partial charge < -0.3 is 10.6 Å². The van der Waals surface area contributed by atoms with Crippen LogP contribution in [0, 0.1) is 11.7 Å². The third kappa shape index (κ3) is 5.28. The Morgan fingerprint density at radius 1 is 1.42 bits per heavy atom. The first-order chi connectivity index (χ1) is 8.93. The van der Waals surface area contributed by atoms with Crippen molar-refractivity contribution in [2.24, 2.45) is 5.92 Å². The zero-order valence-corrected chi connectivity index (χ0v) is 13.1. The molecule has 0 aromatic heterocycles. The molecule has 1 aromatic rings. The first-order valence-corrected chi connectivity index (χ1v) is 7.12. The minimum atomic E-state index is -0.251. The predicted octanol–water partition coefficient (Wildman–Crippen LogP) is 2.49. The van der Waals surface area contributed by atoms with Gasteiger partial charge in [0.1, 0.15) is 5.82 Å². The molecule has 0 unspecified atom stereocenters. The van der Waals surface area contributed by atoms with E-state index in [1.54, 1.807) is 12.1 Å². The van der Waals surface area contributed by atoms with Gasteiger partial charge in [-0.05, 0) is 38.1 Å². The molecule has 3 nitrogen and oxygen atoms in total. The largest absolute Gasteiger partial charge is 0.353 e. The Bertz CT molecular complexity index is 439. The lowest BCUT2D eigenvalue weighted by molar-refractivity contribution is -0.124. The molecule has 0 spiro atoms. The van der Waals surface area contributed by atoms with Crippen LogP contribution in [0.2, 0.25) is 0 Å². The van der Waals surface area contributed by atoms with Crippen molar-refractivity contribution in [2.75, 3.05) is 13.6 Å². The molecular weight excluding hydrogens is 311 g/mol. The number of hydrogen-bond donors (Lipinski definition) is 2. The fraction of sp³-hybridized carbons (Fsp3) is 0.500. The molecule has 5 heteroatoms. The summed E-state index contributed by atoms with van der Waals surface area (Å²) in [6, 6.07) is 4.88. The first kappa shape index (κ1) is 16.1. The number of halogens is 2. The number of carbonyl (C=O) groups excluding carboxylic acids is 1. The van der Waals surface area contributed by atoms with Crippen LogP contribution in [0.25, 0.3) is 0 Å². The molecule has 0 aliphatic rings. The van der Waals surface area contributed by atoms with Crippen LogP contribution in [-0.4, -0.2) is 25.5 Å². The summed E-state index contributed by atoms with van der Waals surface area (Å²) in [5.74, 6) is -0.361. The van der Waals surface area contributed by atoms with Gasteiger partial charge in [-0.25, -0.2) is 4.39 Å². The van der Waals surface area contributed by atoms with E-state index in [0.29, 0.717) is 23.0 Å². The van der Waals surface area contributed by atoms with Gasteiger partial charge in [0, 0.05) is 23.0 Å². The minimum absolute atomic E-state index is 0.0145. The lowest BCUT2D eigenvalue weighted by atomic mass is 10.1. The number of benzene rings is 1. The Balaban J connectivity index is 2.55. The third-order valence-electron chi connectivity index (χ3n) is 2.89. The van der Waals surface area contributed by atoms with Crippen LogP contribution in [0.15, 0.2) is 22.7 Å².